The molecule has 0 aromatic heterocycles. The van der Waals surface area contributed by atoms with Crippen LogP contribution in [0.15, 0.2) is 4.99 Å². The van der Waals surface area contributed by atoms with Gasteiger partial charge in [0.25, 0.3) is 0 Å². The lowest BCUT2D eigenvalue weighted by Crippen LogP contribution is -2.44. The van der Waals surface area contributed by atoms with Gasteiger partial charge in [0.05, 0.1) is 6.61 Å². The van der Waals surface area contributed by atoms with Gasteiger partial charge in [-0.1, -0.05) is 6.42 Å². The van der Waals surface area contributed by atoms with Crippen molar-refractivity contribution < 1.29 is 4.74 Å². The molecule has 0 radical (unpaired) electrons. The Labute approximate surface area is 130 Å². The normalized spacial score (nSPS) is 22.1. The van der Waals surface area contributed by atoms with E-state index >= 15 is 0 Å². The van der Waals surface area contributed by atoms with E-state index in [0.717, 1.165) is 38.1 Å². The van der Waals surface area contributed by atoms with Gasteiger partial charge in [-0.05, 0) is 46.6 Å². The molecule has 0 spiro atoms. The van der Waals surface area contributed by atoms with Gasteiger partial charge in [-0.2, -0.15) is 0 Å². The Morgan fingerprint density at radius 1 is 1.43 bits per heavy atom. The molecule has 1 aliphatic rings. The van der Waals surface area contributed by atoms with Gasteiger partial charge < -0.3 is 20.3 Å². The summed E-state index contributed by atoms with van der Waals surface area (Å²) in [7, 11) is 1.72. The van der Waals surface area contributed by atoms with E-state index in [2.05, 4.69) is 41.3 Å². The summed E-state index contributed by atoms with van der Waals surface area (Å²) in [5, 5.41) is 6.66. The summed E-state index contributed by atoms with van der Waals surface area (Å²) in [5.41, 5.74) is 0. The number of piperidine rings is 1. The highest BCUT2D eigenvalue weighted by Crippen LogP contribution is 2.16. The standard InChI is InChI=1S/C16H34N4O/c1-5-17-16(19-14(2)13-21-4)18-10-8-12-20-11-7-6-9-15(20)3/h14-15H,5-13H2,1-4H3,(H2,17,18,19). The largest absolute Gasteiger partial charge is 0.383 e. The molecular formula is C16H34N4O. The number of likely N-dealkylation sites (tertiary alicyclic amines) is 1. The predicted octanol–water partition coefficient (Wildman–Crippen LogP) is 1.84. The number of methoxy groups -OCH3 is 1. The number of hydrogen-bond donors (Lipinski definition) is 2. The first-order valence-corrected chi connectivity index (χ1v) is 8.45. The van der Waals surface area contributed by atoms with Crippen LogP contribution in [0, 0.1) is 0 Å². The molecule has 0 bridgehead atoms. The van der Waals surface area contributed by atoms with Gasteiger partial charge in [0.2, 0.25) is 0 Å². The smallest absolute Gasteiger partial charge is 0.191 e. The third-order valence-corrected chi connectivity index (χ3v) is 3.96. The van der Waals surface area contributed by atoms with Crippen molar-refractivity contribution in [1.29, 1.82) is 0 Å². The summed E-state index contributed by atoms with van der Waals surface area (Å²) in [5.74, 6) is 0.897. The average molecular weight is 298 g/mol. The van der Waals surface area contributed by atoms with Crippen LogP contribution in [0.3, 0.4) is 0 Å². The van der Waals surface area contributed by atoms with Crippen molar-refractivity contribution in [1.82, 2.24) is 15.5 Å². The zero-order chi connectivity index (χ0) is 15.5. The Kier molecular flexibility index (Phi) is 9.42. The van der Waals surface area contributed by atoms with E-state index in [1.807, 2.05) is 0 Å². The average Bonchev–Trinajstić information content (AvgIpc) is 2.45. The lowest BCUT2D eigenvalue weighted by molar-refractivity contribution is 0.160. The van der Waals surface area contributed by atoms with Crippen LogP contribution in [0.2, 0.25) is 0 Å². The van der Waals surface area contributed by atoms with Crippen LogP contribution >= 0.6 is 0 Å². The number of aliphatic imine (C=N–C) groups is 1. The van der Waals surface area contributed by atoms with Gasteiger partial charge in [-0.3, -0.25) is 4.99 Å². The number of hydrogen-bond acceptors (Lipinski definition) is 3. The number of ether oxygens (including phenoxy) is 1. The molecular weight excluding hydrogens is 264 g/mol. The van der Waals surface area contributed by atoms with E-state index in [-0.39, 0.29) is 6.04 Å². The fourth-order valence-corrected chi connectivity index (χ4v) is 2.80. The van der Waals surface area contributed by atoms with Crippen molar-refractivity contribution in [3.05, 3.63) is 0 Å². The third kappa shape index (κ3) is 7.67. The predicted molar refractivity (Wildman–Crippen MR) is 90.0 cm³/mol. The van der Waals surface area contributed by atoms with Crippen LogP contribution < -0.4 is 10.6 Å². The minimum Gasteiger partial charge on any atom is -0.383 e. The summed E-state index contributed by atoms with van der Waals surface area (Å²) in [6.45, 7) is 11.4. The molecule has 1 aliphatic heterocycles. The maximum absolute atomic E-state index is 5.15. The van der Waals surface area contributed by atoms with E-state index in [4.69, 9.17) is 4.74 Å². The molecule has 1 fully saturated rings. The Hall–Kier alpha value is -0.810. The molecule has 5 nitrogen and oxygen atoms in total. The molecule has 2 N–H and O–H groups in total. The van der Waals surface area contributed by atoms with Crippen molar-refractivity contribution in [2.45, 2.75) is 58.5 Å². The van der Waals surface area contributed by atoms with E-state index in [1.54, 1.807) is 7.11 Å². The highest BCUT2D eigenvalue weighted by Gasteiger charge is 2.16. The summed E-state index contributed by atoms with van der Waals surface area (Å²) in [4.78, 5) is 7.26. The monoisotopic (exact) mass is 298 g/mol. The summed E-state index contributed by atoms with van der Waals surface area (Å²) < 4.78 is 5.15. The van der Waals surface area contributed by atoms with Gasteiger partial charge in [0.15, 0.2) is 5.96 Å². The first-order chi connectivity index (χ1) is 10.2. The molecule has 0 aromatic carbocycles. The van der Waals surface area contributed by atoms with Crippen molar-refractivity contribution in [2.75, 3.05) is 39.9 Å². The van der Waals surface area contributed by atoms with Gasteiger partial charge in [0.1, 0.15) is 0 Å². The highest BCUT2D eigenvalue weighted by molar-refractivity contribution is 5.80. The first kappa shape index (κ1) is 18.2. The molecule has 1 rings (SSSR count). The molecule has 0 aromatic rings. The quantitative estimate of drug-likeness (QED) is 0.408. The molecule has 2 unspecified atom stereocenters. The number of nitrogens with one attached hydrogen (secondary N) is 2. The van der Waals surface area contributed by atoms with E-state index < -0.39 is 0 Å². The minimum atomic E-state index is 0.273. The van der Waals surface area contributed by atoms with Crippen LogP contribution in [0.5, 0.6) is 0 Å². The van der Waals surface area contributed by atoms with Crippen molar-refractivity contribution in [2.24, 2.45) is 4.99 Å². The maximum atomic E-state index is 5.15. The topological polar surface area (TPSA) is 48.9 Å². The molecule has 0 aliphatic carbocycles. The van der Waals surface area contributed by atoms with Crippen molar-refractivity contribution in [3.8, 4) is 0 Å². The third-order valence-electron chi connectivity index (χ3n) is 3.96. The van der Waals surface area contributed by atoms with E-state index in [1.165, 1.54) is 25.8 Å². The fraction of sp³-hybridized carbons (Fsp3) is 0.938. The van der Waals surface area contributed by atoms with E-state index in [9.17, 15) is 0 Å². The minimum absolute atomic E-state index is 0.273. The van der Waals surface area contributed by atoms with Crippen molar-refractivity contribution in [3.63, 3.8) is 0 Å². The second-order valence-electron chi connectivity index (χ2n) is 6.00. The molecule has 2 atom stereocenters. The lowest BCUT2D eigenvalue weighted by atomic mass is 10.0. The molecule has 1 saturated heterocycles. The first-order valence-electron chi connectivity index (χ1n) is 8.45. The number of rotatable bonds is 8. The Morgan fingerprint density at radius 3 is 2.90 bits per heavy atom. The van der Waals surface area contributed by atoms with Gasteiger partial charge in [0, 0.05) is 38.8 Å². The van der Waals surface area contributed by atoms with Gasteiger partial charge in [-0.15, -0.1) is 0 Å². The maximum Gasteiger partial charge on any atom is 0.191 e. The zero-order valence-electron chi connectivity index (χ0n) is 14.3. The lowest BCUT2D eigenvalue weighted by Gasteiger charge is -2.33. The summed E-state index contributed by atoms with van der Waals surface area (Å²) in [6, 6.07) is 1.02. The SMILES string of the molecule is CCNC(=NCCCN1CCCCC1C)NC(C)COC. The molecule has 0 saturated carbocycles. The van der Waals surface area contributed by atoms with Crippen LogP contribution in [0.4, 0.5) is 0 Å². The van der Waals surface area contributed by atoms with Gasteiger partial charge in [-0.25, -0.2) is 0 Å². The molecule has 5 heteroatoms. The van der Waals surface area contributed by atoms with Crippen LogP contribution in [-0.4, -0.2) is 62.8 Å². The van der Waals surface area contributed by atoms with Crippen molar-refractivity contribution >= 4 is 5.96 Å². The van der Waals surface area contributed by atoms with Crippen LogP contribution in [-0.2, 0) is 4.74 Å². The van der Waals surface area contributed by atoms with Crippen LogP contribution in [0.1, 0.15) is 46.5 Å². The Morgan fingerprint density at radius 2 is 2.24 bits per heavy atom. The second-order valence-corrected chi connectivity index (χ2v) is 6.00. The van der Waals surface area contributed by atoms with Gasteiger partial charge >= 0.3 is 0 Å². The molecule has 0 amide bonds. The highest BCUT2D eigenvalue weighted by atomic mass is 16.5. The number of nitrogens with zero attached hydrogens (tertiary/aromatic N) is 2. The number of guanidine groups is 1. The summed E-state index contributed by atoms with van der Waals surface area (Å²) in [6.07, 6.45) is 5.22. The molecule has 124 valence electrons. The zero-order valence-corrected chi connectivity index (χ0v) is 14.3. The molecule has 21 heavy (non-hydrogen) atoms. The fourth-order valence-electron chi connectivity index (χ4n) is 2.80. The second kappa shape index (κ2) is 10.9. The van der Waals surface area contributed by atoms with E-state index in [0.29, 0.717) is 6.61 Å². The molecule has 1 heterocycles. The van der Waals surface area contributed by atoms with Crippen LogP contribution in [0.25, 0.3) is 0 Å². The Balaban J connectivity index is 2.29. The summed E-state index contributed by atoms with van der Waals surface area (Å²) >= 11 is 0. The Bertz CT molecular complexity index is 296.